The van der Waals surface area contributed by atoms with Gasteiger partial charge in [-0.15, -0.1) is 10.2 Å². The number of aromatic carboxylic acids is 1. The molecule has 1 aromatic heterocycles. The topological polar surface area (TPSA) is 76.2 Å². The number of hydrogen-bond donors (Lipinski definition) is 1. The third-order valence-corrected chi connectivity index (χ3v) is 3.24. The molecule has 6 heteroatoms. The average Bonchev–Trinajstić information content (AvgIpc) is 2.97. The van der Waals surface area contributed by atoms with Crippen LogP contribution in [0.2, 0.25) is 5.02 Å². The maximum absolute atomic E-state index is 10.8. The highest BCUT2D eigenvalue weighted by atomic mass is 35.5. The predicted octanol–water partition coefficient (Wildman–Crippen LogP) is 3.76. The maximum Gasteiger partial charge on any atom is 0.335 e. The van der Waals surface area contributed by atoms with Crippen molar-refractivity contribution >= 4 is 17.6 Å². The summed E-state index contributed by atoms with van der Waals surface area (Å²) in [6, 6.07) is 13.4. The lowest BCUT2D eigenvalue weighted by Gasteiger charge is -1.98. The van der Waals surface area contributed by atoms with E-state index in [2.05, 4.69) is 10.2 Å². The molecule has 0 atom stereocenters. The largest absolute Gasteiger partial charge is 0.478 e. The van der Waals surface area contributed by atoms with Gasteiger partial charge in [-0.25, -0.2) is 4.79 Å². The van der Waals surface area contributed by atoms with Crippen LogP contribution in [-0.2, 0) is 0 Å². The first-order chi connectivity index (χ1) is 10.1. The van der Waals surface area contributed by atoms with Gasteiger partial charge in [-0.3, -0.25) is 0 Å². The van der Waals surface area contributed by atoms with Gasteiger partial charge < -0.3 is 9.52 Å². The van der Waals surface area contributed by atoms with Crippen LogP contribution in [0.4, 0.5) is 0 Å². The Balaban J connectivity index is 1.95. The van der Waals surface area contributed by atoms with Crippen molar-refractivity contribution in [1.29, 1.82) is 0 Å². The lowest BCUT2D eigenvalue weighted by molar-refractivity contribution is 0.0697. The van der Waals surface area contributed by atoms with E-state index in [-0.39, 0.29) is 5.56 Å². The van der Waals surface area contributed by atoms with E-state index >= 15 is 0 Å². The minimum atomic E-state index is -0.983. The zero-order chi connectivity index (χ0) is 14.8. The van der Waals surface area contributed by atoms with Gasteiger partial charge >= 0.3 is 5.97 Å². The van der Waals surface area contributed by atoms with E-state index in [0.29, 0.717) is 27.9 Å². The molecule has 1 heterocycles. The minimum Gasteiger partial charge on any atom is -0.478 e. The summed E-state index contributed by atoms with van der Waals surface area (Å²) in [5.41, 5.74) is 1.50. The second-order valence-corrected chi connectivity index (χ2v) is 4.68. The summed E-state index contributed by atoms with van der Waals surface area (Å²) < 4.78 is 5.58. The Hall–Kier alpha value is -2.66. The molecule has 0 spiro atoms. The summed E-state index contributed by atoms with van der Waals surface area (Å²) >= 11 is 6.08. The van der Waals surface area contributed by atoms with Crippen molar-refractivity contribution in [3.63, 3.8) is 0 Å². The van der Waals surface area contributed by atoms with Crippen LogP contribution in [0.15, 0.2) is 52.9 Å². The normalized spacial score (nSPS) is 10.5. The van der Waals surface area contributed by atoms with Crippen molar-refractivity contribution < 1.29 is 14.3 Å². The van der Waals surface area contributed by atoms with Crippen molar-refractivity contribution in [3.05, 3.63) is 59.1 Å². The van der Waals surface area contributed by atoms with E-state index < -0.39 is 5.97 Å². The molecule has 0 saturated carbocycles. The fourth-order valence-electron chi connectivity index (χ4n) is 1.84. The molecule has 104 valence electrons. The van der Waals surface area contributed by atoms with E-state index in [4.69, 9.17) is 21.1 Å². The summed E-state index contributed by atoms with van der Waals surface area (Å²) in [5, 5.41) is 17.3. The highest BCUT2D eigenvalue weighted by molar-refractivity contribution is 6.33. The second kappa shape index (κ2) is 5.38. The summed E-state index contributed by atoms with van der Waals surface area (Å²) in [7, 11) is 0. The summed E-state index contributed by atoms with van der Waals surface area (Å²) in [4.78, 5) is 10.8. The van der Waals surface area contributed by atoms with Gasteiger partial charge in [0.2, 0.25) is 11.8 Å². The number of nitrogens with zero attached hydrogens (tertiary/aromatic N) is 2. The predicted molar refractivity (Wildman–Crippen MR) is 77.1 cm³/mol. The molecule has 0 amide bonds. The van der Waals surface area contributed by atoms with Gasteiger partial charge in [0.1, 0.15) is 0 Å². The van der Waals surface area contributed by atoms with Crippen molar-refractivity contribution in [1.82, 2.24) is 10.2 Å². The molecule has 0 radical (unpaired) electrons. The van der Waals surface area contributed by atoms with E-state index in [1.54, 1.807) is 24.3 Å². The quantitative estimate of drug-likeness (QED) is 0.797. The molecule has 1 N–H and O–H groups in total. The molecule has 0 aliphatic rings. The number of carboxylic acids is 1. The first-order valence-electron chi connectivity index (χ1n) is 6.07. The van der Waals surface area contributed by atoms with Gasteiger partial charge in [0, 0.05) is 5.56 Å². The average molecular weight is 301 g/mol. The third-order valence-electron chi connectivity index (χ3n) is 2.91. The Morgan fingerprint density at radius 2 is 1.67 bits per heavy atom. The second-order valence-electron chi connectivity index (χ2n) is 4.27. The van der Waals surface area contributed by atoms with Crippen molar-refractivity contribution in [3.8, 4) is 22.9 Å². The zero-order valence-electron chi connectivity index (χ0n) is 10.7. The molecule has 3 aromatic rings. The molecular formula is C15H9ClN2O3. The fourth-order valence-corrected chi connectivity index (χ4v) is 2.06. The Kier molecular flexibility index (Phi) is 3.41. The van der Waals surface area contributed by atoms with E-state index in [0.717, 1.165) is 0 Å². The Labute approximate surface area is 124 Å². The molecule has 5 nitrogen and oxygen atoms in total. The fraction of sp³-hybridized carbons (Fsp3) is 0. The minimum absolute atomic E-state index is 0.199. The highest BCUT2D eigenvalue weighted by Gasteiger charge is 2.13. The third kappa shape index (κ3) is 2.64. The molecular weight excluding hydrogens is 292 g/mol. The van der Waals surface area contributed by atoms with Crippen molar-refractivity contribution in [2.45, 2.75) is 0 Å². The molecule has 3 rings (SSSR count). The standard InChI is InChI=1S/C15H9ClN2O3/c16-12-4-2-1-3-11(12)14-18-17-13(21-14)9-5-7-10(8-6-9)15(19)20/h1-8H,(H,19,20). The number of carbonyl (C=O) groups is 1. The summed E-state index contributed by atoms with van der Waals surface area (Å²) in [6.07, 6.45) is 0. The molecule has 0 bridgehead atoms. The van der Waals surface area contributed by atoms with E-state index in [1.807, 2.05) is 12.1 Å². The van der Waals surface area contributed by atoms with Crippen LogP contribution in [0.3, 0.4) is 0 Å². The lowest BCUT2D eigenvalue weighted by atomic mass is 10.1. The van der Waals surface area contributed by atoms with Gasteiger partial charge in [-0.2, -0.15) is 0 Å². The molecule has 0 unspecified atom stereocenters. The van der Waals surface area contributed by atoms with E-state index in [9.17, 15) is 4.79 Å². The van der Waals surface area contributed by atoms with Crippen LogP contribution < -0.4 is 0 Å². The molecule has 0 aliphatic carbocycles. The molecule has 0 saturated heterocycles. The lowest BCUT2D eigenvalue weighted by Crippen LogP contribution is -1.94. The first kappa shape index (κ1) is 13.3. The first-order valence-corrected chi connectivity index (χ1v) is 6.45. The SMILES string of the molecule is O=C(O)c1ccc(-c2nnc(-c3ccccc3Cl)o2)cc1. The molecule has 0 fully saturated rings. The monoisotopic (exact) mass is 300 g/mol. The van der Waals surface area contributed by atoms with Crippen LogP contribution in [0, 0.1) is 0 Å². The number of halogens is 1. The molecule has 21 heavy (non-hydrogen) atoms. The van der Waals surface area contributed by atoms with Gasteiger partial charge in [0.05, 0.1) is 16.1 Å². The number of carboxylic acid groups (broad SMARTS) is 1. The van der Waals surface area contributed by atoms with Crippen LogP contribution in [-0.4, -0.2) is 21.3 Å². The summed E-state index contributed by atoms with van der Waals surface area (Å²) in [6.45, 7) is 0. The van der Waals surface area contributed by atoms with Crippen LogP contribution in [0.25, 0.3) is 22.9 Å². The Morgan fingerprint density at radius 1 is 1.00 bits per heavy atom. The van der Waals surface area contributed by atoms with Crippen molar-refractivity contribution in [2.75, 3.05) is 0 Å². The number of hydrogen-bond acceptors (Lipinski definition) is 4. The van der Waals surface area contributed by atoms with Crippen LogP contribution in [0.5, 0.6) is 0 Å². The number of aromatic nitrogens is 2. The van der Waals surface area contributed by atoms with Gasteiger partial charge in [0.25, 0.3) is 0 Å². The molecule has 0 aliphatic heterocycles. The number of benzene rings is 2. The highest BCUT2D eigenvalue weighted by Crippen LogP contribution is 2.28. The van der Waals surface area contributed by atoms with Crippen LogP contribution >= 0.6 is 11.6 Å². The van der Waals surface area contributed by atoms with Gasteiger partial charge in [-0.1, -0.05) is 23.7 Å². The zero-order valence-corrected chi connectivity index (χ0v) is 11.4. The Bertz CT molecular complexity index is 797. The van der Waals surface area contributed by atoms with Gasteiger partial charge in [0.15, 0.2) is 0 Å². The summed E-state index contributed by atoms with van der Waals surface area (Å²) in [5.74, 6) is -0.358. The number of rotatable bonds is 3. The Morgan fingerprint density at radius 3 is 2.33 bits per heavy atom. The molecule has 2 aromatic carbocycles. The smallest absolute Gasteiger partial charge is 0.335 e. The van der Waals surface area contributed by atoms with Crippen molar-refractivity contribution in [2.24, 2.45) is 0 Å². The maximum atomic E-state index is 10.8. The van der Waals surface area contributed by atoms with Crippen LogP contribution in [0.1, 0.15) is 10.4 Å². The van der Waals surface area contributed by atoms with E-state index in [1.165, 1.54) is 12.1 Å². The van der Waals surface area contributed by atoms with Gasteiger partial charge in [-0.05, 0) is 36.4 Å².